The molecule has 106 valence electrons. The van der Waals surface area contributed by atoms with Gasteiger partial charge in [0.05, 0.1) is 12.7 Å². The summed E-state index contributed by atoms with van der Waals surface area (Å²) in [6, 6.07) is 8.65. The number of aliphatic hydroxyl groups excluding tert-OH is 1. The summed E-state index contributed by atoms with van der Waals surface area (Å²) in [6.45, 7) is 6.58. The van der Waals surface area contributed by atoms with Gasteiger partial charge < -0.3 is 15.2 Å². The van der Waals surface area contributed by atoms with Crippen molar-refractivity contribution in [3.63, 3.8) is 0 Å². The molecule has 1 fully saturated rings. The quantitative estimate of drug-likeness (QED) is 0.858. The van der Waals surface area contributed by atoms with Crippen LogP contribution in [0, 0.1) is 0 Å². The summed E-state index contributed by atoms with van der Waals surface area (Å²) in [5, 5.41) is 13.6. The third-order valence-electron chi connectivity index (χ3n) is 3.75. The standard InChI is InChI=1S/C16H25NO2/c1-12(2)13-5-7-14(8-6-13)16(18)10-17-15-4-3-9-19-11-15/h5-8,12,15-18H,3-4,9-11H2,1-2H3. The lowest BCUT2D eigenvalue weighted by Crippen LogP contribution is -2.38. The first-order chi connectivity index (χ1) is 9.16. The predicted molar refractivity (Wildman–Crippen MR) is 77.3 cm³/mol. The van der Waals surface area contributed by atoms with Crippen molar-refractivity contribution in [1.29, 1.82) is 0 Å². The van der Waals surface area contributed by atoms with E-state index in [0.717, 1.165) is 31.6 Å². The lowest BCUT2D eigenvalue weighted by molar-refractivity contribution is 0.0639. The molecule has 2 atom stereocenters. The second-order valence-corrected chi connectivity index (χ2v) is 5.66. The number of nitrogens with one attached hydrogen (secondary N) is 1. The Morgan fingerprint density at radius 3 is 2.53 bits per heavy atom. The van der Waals surface area contributed by atoms with Crippen molar-refractivity contribution >= 4 is 0 Å². The van der Waals surface area contributed by atoms with E-state index in [-0.39, 0.29) is 0 Å². The van der Waals surface area contributed by atoms with Crippen LogP contribution in [0.3, 0.4) is 0 Å². The van der Waals surface area contributed by atoms with Crippen LogP contribution in [0.5, 0.6) is 0 Å². The van der Waals surface area contributed by atoms with Crippen LogP contribution < -0.4 is 5.32 Å². The molecule has 2 unspecified atom stereocenters. The first-order valence-corrected chi connectivity index (χ1v) is 7.26. The highest BCUT2D eigenvalue weighted by molar-refractivity contribution is 5.26. The Kier molecular flexibility index (Phi) is 5.37. The van der Waals surface area contributed by atoms with Crippen molar-refractivity contribution < 1.29 is 9.84 Å². The molecule has 2 rings (SSSR count). The van der Waals surface area contributed by atoms with E-state index in [1.165, 1.54) is 5.56 Å². The molecular formula is C16H25NO2. The summed E-state index contributed by atoms with van der Waals surface area (Å²) in [4.78, 5) is 0. The maximum absolute atomic E-state index is 10.2. The third-order valence-corrected chi connectivity index (χ3v) is 3.75. The summed E-state index contributed by atoms with van der Waals surface area (Å²) in [7, 11) is 0. The van der Waals surface area contributed by atoms with E-state index in [2.05, 4.69) is 31.3 Å². The van der Waals surface area contributed by atoms with Gasteiger partial charge in [0.15, 0.2) is 0 Å². The number of hydrogen-bond acceptors (Lipinski definition) is 3. The Morgan fingerprint density at radius 1 is 1.26 bits per heavy atom. The van der Waals surface area contributed by atoms with Crippen LogP contribution >= 0.6 is 0 Å². The Labute approximate surface area is 116 Å². The molecule has 3 heteroatoms. The van der Waals surface area contributed by atoms with Crippen LogP contribution in [-0.4, -0.2) is 30.9 Å². The molecule has 0 radical (unpaired) electrons. The number of hydrogen-bond donors (Lipinski definition) is 2. The second kappa shape index (κ2) is 7.04. The second-order valence-electron chi connectivity index (χ2n) is 5.66. The number of rotatable bonds is 5. The van der Waals surface area contributed by atoms with E-state index in [9.17, 15) is 5.11 Å². The number of aliphatic hydroxyl groups is 1. The van der Waals surface area contributed by atoms with Gasteiger partial charge in [-0.05, 0) is 29.9 Å². The monoisotopic (exact) mass is 263 g/mol. The first kappa shape index (κ1) is 14.5. The van der Waals surface area contributed by atoms with E-state index in [1.54, 1.807) is 0 Å². The summed E-state index contributed by atoms with van der Waals surface area (Å²) in [5.74, 6) is 0.531. The minimum atomic E-state index is -0.442. The highest BCUT2D eigenvalue weighted by atomic mass is 16.5. The van der Waals surface area contributed by atoms with Crippen molar-refractivity contribution in [2.45, 2.75) is 44.8 Å². The van der Waals surface area contributed by atoms with Gasteiger partial charge in [-0.1, -0.05) is 38.1 Å². The van der Waals surface area contributed by atoms with E-state index >= 15 is 0 Å². The third kappa shape index (κ3) is 4.30. The van der Waals surface area contributed by atoms with Gasteiger partial charge in [0.1, 0.15) is 0 Å². The number of ether oxygens (including phenoxy) is 1. The molecule has 1 heterocycles. The van der Waals surface area contributed by atoms with Crippen molar-refractivity contribution in [2.24, 2.45) is 0 Å². The van der Waals surface area contributed by atoms with Crippen molar-refractivity contribution in [1.82, 2.24) is 5.32 Å². The molecule has 19 heavy (non-hydrogen) atoms. The Balaban J connectivity index is 1.83. The van der Waals surface area contributed by atoms with E-state index in [0.29, 0.717) is 18.5 Å². The highest BCUT2D eigenvalue weighted by Crippen LogP contribution is 2.18. The van der Waals surface area contributed by atoms with Crippen LogP contribution in [0.25, 0.3) is 0 Å². The lowest BCUT2D eigenvalue weighted by atomic mass is 10.00. The zero-order valence-electron chi connectivity index (χ0n) is 11.9. The van der Waals surface area contributed by atoms with Gasteiger partial charge in [-0.3, -0.25) is 0 Å². The summed E-state index contributed by atoms with van der Waals surface area (Å²) >= 11 is 0. The smallest absolute Gasteiger partial charge is 0.0914 e. The summed E-state index contributed by atoms with van der Waals surface area (Å²) in [5.41, 5.74) is 2.29. The molecule has 1 saturated heterocycles. The van der Waals surface area contributed by atoms with Crippen molar-refractivity contribution in [3.05, 3.63) is 35.4 Å². The molecular weight excluding hydrogens is 238 g/mol. The fraction of sp³-hybridized carbons (Fsp3) is 0.625. The summed E-state index contributed by atoms with van der Waals surface area (Å²) < 4.78 is 5.42. The molecule has 2 N–H and O–H groups in total. The van der Waals surface area contributed by atoms with Crippen LogP contribution in [0.1, 0.15) is 49.8 Å². The Bertz CT molecular complexity index is 369. The summed E-state index contributed by atoms with van der Waals surface area (Å²) in [6.07, 6.45) is 1.80. The zero-order valence-corrected chi connectivity index (χ0v) is 11.9. The highest BCUT2D eigenvalue weighted by Gasteiger charge is 2.15. The molecule has 1 aliphatic heterocycles. The van der Waals surface area contributed by atoms with Gasteiger partial charge >= 0.3 is 0 Å². The minimum Gasteiger partial charge on any atom is -0.387 e. The van der Waals surface area contributed by atoms with Gasteiger partial charge in [-0.15, -0.1) is 0 Å². The topological polar surface area (TPSA) is 41.5 Å². The minimum absolute atomic E-state index is 0.387. The predicted octanol–water partition coefficient (Wildman–Crippen LogP) is 2.61. The van der Waals surface area contributed by atoms with Crippen LogP contribution in [0.15, 0.2) is 24.3 Å². The molecule has 1 aromatic rings. The largest absolute Gasteiger partial charge is 0.387 e. The fourth-order valence-corrected chi connectivity index (χ4v) is 2.40. The van der Waals surface area contributed by atoms with Crippen molar-refractivity contribution in [2.75, 3.05) is 19.8 Å². The van der Waals surface area contributed by atoms with E-state index < -0.39 is 6.10 Å². The molecule has 0 saturated carbocycles. The first-order valence-electron chi connectivity index (χ1n) is 7.26. The molecule has 1 aromatic carbocycles. The van der Waals surface area contributed by atoms with Gasteiger partial charge in [-0.25, -0.2) is 0 Å². The molecule has 0 spiro atoms. The van der Waals surface area contributed by atoms with Gasteiger partial charge in [-0.2, -0.15) is 0 Å². The zero-order chi connectivity index (χ0) is 13.7. The van der Waals surface area contributed by atoms with E-state index in [4.69, 9.17) is 4.74 Å². The molecule has 0 bridgehead atoms. The molecule has 3 nitrogen and oxygen atoms in total. The molecule has 0 amide bonds. The van der Waals surface area contributed by atoms with Gasteiger partial charge in [0.2, 0.25) is 0 Å². The van der Waals surface area contributed by atoms with Gasteiger partial charge in [0.25, 0.3) is 0 Å². The Hall–Kier alpha value is -0.900. The fourth-order valence-electron chi connectivity index (χ4n) is 2.40. The maximum Gasteiger partial charge on any atom is 0.0914 e. The van der Waals surface area contributed by atoms with Crippen LogP contribution in [0.4, 0.5) is 0 Å². The van der Waals surface area contributed by atoms with Gasteiger partial charge in [0, 0.05) is 19.2 Å². The Morgan fingerprint density at radius 2 is 1.95 bits per heavy atom. The molecule has 0 aliphatic carbocycles. The van der Waals surface area contributed by atoms with Crippen LogP contribution in [0.2, 0.25) is 0 Å². The molecule has 0 aromatic heterocycles. The number of benzene rings is 1. The maximum atomic E-state index is 10.2. The SMILES string of the molecule is CC(C)c1ccc(C(O)CNC2CCCOC2)cc1. The van der Waals surface area contributed by atoms with Crippen LogP contribution in [-0.2, 0) is 4.74 Å². The van der Waals surface area contributed by atoms with Crippen molar-refractivity contribution in [3.8, 4) is 0 Å². The van der Waals surface area contributed by atoms with E-state index in [1.807, 2.05) is 12.1 Å². The average molecular weight is 263 g/mol. The lowest BCUT2D eigenvalue weighted by Gasteiger charge is -2.24. The normalized spacial score (nSPS) is 21.6. The molecule has 1 aliphatic rings. The average Bonchev–Trinajstić information content (AvgIpc) is 2.46.